The highest BCUT2D eigenvalue weighted by molar-refractivity contribution is 5.82. The highest BCUT2D eigenvalue weighted by atomic mass is 16.6. The lowest BCUT2D eigenvalue weighted by Crippen LogP contribution is -2.31. The molecule has 0 aromatic carbocycles. The van der Waals surface area contributed by atoms with Gasteiger partial charge in [0.15, 0.2) is 5.84 Å². The molecule has 0 fully saturated rings. The second-order valence-corrected chi connectivity index (χ2v) is 4.20. The van der Waals surface area contributed by atoms with E-state index in [1.165, 1.54) is 0 Å². The molecule has 0 aliphatic heterocycles. The van der Waals surface area contributed by atoms with Gasteiger partial charge in [-0.25, -0.2) is 0 Å². The van der Waals surface area contributed by atoms with Crippen LogP contribution in [0.2, 0.25) is 0 Å². The van der Waals surface area contributed by atoms with E-state index >= 15 is 0 Å². The molecule has 0 bridgehead atoms. The predicted octanol–water partition coefficient (Wildman–Crippen LogP) is 1.31. The molecule has 0 amide bonds. The van der Waals surface area contributed by atoms with Crippen molar-refractivity contribution in [3.8, 4) is 5.75 Å². The summed E-state index contributed by atoms with van der Waals surface area (Å²) < 4.78 is 5.23. The fourth-order valence-electron chi connectivity index (χ4n) is 1.77. The number of pyridine rings is 1. The summed E-state index contributed by atoms with van der Waals surface area (Å²) in [6.07, 6.45) is 4.38. The van der Waals surface area contributed by atoms with Crippen molar-refractivity contribution in [1.82, 2.24) is 10.3 Å². The number of hydrogen-bond acceptors (Lipinski definition) is 5. The number of methoxy groups -OCH3 is 1. The lowest BCUT2D eigenvalue weighted by molar-refractivity contribution is -0.463. The van der Waals surface area contributed by atoms with Gasteiger partial charge in [0.05, 0.1) is 12.8 Å². The number of rotatable bonds is 8. The minimum atomic E-state index is -0.395. The van der Waals surface area contributed by atoms with Crippen molar-refractivity contribution in [2.24, 2.45) is 4.99 Å². The molecule has 0 atom stereocenters. The Bertz CT molecular complexity index is 463. The van der Waals surface area contributed by atoms with E-state index in [1.807, 2.05) is 12.1 Å². The van der Waals surface area contributed by atoms with Crippen molar-refractivity contribution >= 4 is 5.84 Å². The molecule has 0 spiro atoms. The van der Waals surface area contributed by atoms with Crippen molar-refractivity contribution in [3.05, 3.63) is 34.1 Å². The molecule has 20 heavy (non-hydrogen) atoms. The van der Waals surface area contributed by atoms with Gasteiger partial charge in [-0.3, -0.25) is 20.1 Å². The van der Waals surface area contributed by atoms with Gasteiger partial charge in [0.1, 0.15) is 5.75 Å². The van der Waals surface area contributed by atoms with Gasteiger partial charge in [-0.15, -0.1) is 0 Å². The van der Waals surface area contributed by atoms with E-state index in [4.69, 9.17) is 4.74 Å². The molecule has 0 aliphatic carbocycles. The van der Waals surface area contributed by atoms with E-state index in [2.05, 4.69) is 15.3 Å². The normalized spacial score (nSPS) is 11.2. The van der Waals surface area contributed by atoms with Crippen LogP contribution in [0.15, 0.2) is 23.3 Å². The maximum atomic E-state index is 10.4. The number of nitro groups is 1. The summed E-state index contributed by atoms with van der Waals surface area (Å²) in [5.74, 6) is 1.20. The molecule has 0 saturated carbocycles. The van der Waals surface area contributed by atoms with Crippen molar-refractivity contribution in [3.63, 3.8) is 0 Å². The first-order valence-electron chi connectivity index (χ1n) is 6.46. The number of aromatic nitrogens is 1. The average Bonchev–Trinajstić information content (AvgIpc) is 2.45. The molecular weight excluding hydrogens is 260 g/mol. The van der Waals surface area contributed by atoms with Gasteiger partial charge >= 0.3 is 0 Å². The predicted molar refractivity (Wildman–Crippen MR) is 77.0 cm³/mol. The Morgan fingerprint density at radius 1 is 1.55 bits per heavy atom. The van der Waals surface area contributed by atoms with E-state index in [9.17, 15) is 10.1 Å². The molecule has 0 unspecified atom stereocenters. The Labute approximate surface area is 118 Å². The maximum absolute atomic E-state index is 10.4. The topological polar surface area (TPSA) is 89.7 Å². The van der Waals surface area contributed by atoms with E-state index in [0.29, 0.717) is 12.4 Å². The first-order valence-corrected chi connectivity index (χ1v) is 6.46. The van der Waals surface area contributed by atoms with Crippen LogP contribution in [0.1, 0.15) is 18.5 Å². The summed E-state index contributed by atoms with van der Waals surface area (Å²) in [6.45, 7) is 0.403. The van der Waals surface area contributed by atoms with Crippen LogP contribution in [0.5, 0.6) is 5.75 Å². The van der Waals surface area contributed by atoms with E-state index in [-0.39, 0.29) is 6.54 Å². The summed E-state index contributed by atoms with van der Waals surface area (Å²) >= 11 is 0. The number of aryl methyl sites for hydroxylation is 1. The number of nitrogens with zero attached hydrogens (tertiary/aromatic N) is 3. The Morgan fingerprint density at radius 2 is 2.35 bits per heavy atom. The van der Waals surface area contributed by atoms with Gasteiger partial charge in [0, 0.05) is 24.7 Å². The first-order chi connectivity index (χ1) is 9.67. The molecule has 7 heteroatoms. The third-order valence-corrected chi connectivity index (χ3v) is 2.79. The Hall–Kier alpha value is -2.18. The molecule has 0 saturated heterocycles. The second kappa shape index (κ2) is 8.84. The van der Waals surface area contributed by atoms with Crippen molar-refractivity contribution < 1.29 is 9.66 Å². The van der Waals surface area contributed by atoms with Crippen LogP contribution >= 0.6 is 0 Å². The van der Waals surface area contributed by atoms with Crippen LogP contribution in [0.25, 0.3) is 0 Å². The summed E-state index contributed by atoms with van der Waals surface area (Å²) in [7, 11) is 3.17. The number of unbranched alkanes of at least 4 members (excludes halogenated alkanes) is 1. The monoisotopic (exact) mass is 280 g/mol. The Morgan fingerprint density at radius 3 is 3.00 bits per heavy atom. The van der Waals surface area contributed by atoms with Crippen LogP contribution < -0.4 is 10.1 Å². The lowest BCUT2D eigenvalue weighted by Gasteiger charge is -2.08. The van der Waals surface area contributed by atoms with Crippen LogP contribution in [-0.4, -0.2) is 43.0 Å². The van der Waals surface area contributed by atoms with Crippen LogP contribution in [0.4, 0.5) is 0 Å². The highest BCUT2D eigenvalue weighted by Gasteiger charge is 2.06. The minimum absolute atomic E-state index is 0.259. The molecular formula is C13H20N4O3. The molecule has 1 aromatic heterocycles. The summed E-state index contributed by atoms with van der Waals surface area (Å²) in [5, 5.41) is 13.3. The zero-order chi connectivity index (χ0) is 14.8. The first kappa shape index (κ1) is 15.9. The molecule has 1 N–H and O–H groups in total. The van der Waals surface area contributed by atoms with E-state index < -0.39 is 4.92 Å². The highest BCUT2D eigenvalue weighted by Crippen LogP contribution is 2.16. The van der Waals surface area contributed by atoms with Gasteiger partial charge < -0.3 is 10.1 Å². The molecule has 110 valence electrons. The quantitative estimate of drug-likeness (QED) is 0.255. The number of ether oxygens (including phenoxy) is 1. The fraction of sp³-hybridized carbons (Fsp3) is 0.538. The maximum Gasteiger partial charge on any atom is 0.259 e. The fourth-order valence-corrected chi connectivity index (χ4v) is 1.77. The van der Waals surface area contributed by atoms with Crippen molar-refractivity contribution in [2.45, 2.75) is 19.3 Å². The van der Waals surface area contributed by atoms with Crippen molar-refractivity contribution in [1.29, 1.82) is 0 Å². The molecule has 0 aliphatic rings. The van der Waals surface area contributed by atoms with Crippen LogP contribution in [-0.2, 0) is 6.42 Å². The number of amidine groups is 1. The zero-order valence-corrected chi connectivity index (χ0v) is 11.8. The Kier molecular flexibility index (Phi) is 7.02. The molecule has 0 radical (unpaired) electrons. The number of nitrogens with one attached hydrogen (secondary N) is 1. The van der Waals surface area contributed by atoms with Crippen LogP contribution in [0.3, 0.4) is 0 Å². The largest absolute Gasteiger partial charge is 0.495 e. The van der Waals surface area contributed by atoms with Gasteiger partial charge in [0.2, 0.25) is 0 Å². The smallest absolute Gasteiger partial charge is 0.259 e. The minimum Gasteiger partial charge on any atom is -0.495 e. The Balaban J connectivity index is 2.26. The molecule has 1 heterocycles. The lowest BCUT2D eigenvalue weighted by atomic mass is 10.1. The average molecular weight is 280 g/mol. The number of hydrogen-bond donors (Lipinski definition) is 1. The van der Waals surface area contributed by atoms with Gasteiger partial charge in [-0.05, 0) is 31.4 Å². The third kappa shape index (κ3) is 5.64. The third-order valence-electron chi connectivity index (χ3n) is 2.79. The van der Waals surface area contributed by atoms with Crippen molar-refractivity contribution in [2.75, 3.05) is 27.2 Å². The van der Waals surface area contributed by atoms with Gasteiger partial charge in [-0.2, -0.15) is 0 Å². The van der Waals surface area contributed by atoms with E-state index in [0.717, 1.165) is 30.7 Å². The standard InChI is InChI=1S/C13H20N4O3/c1-14-13(10-17(18)19)16-8-4-3-6-11-12(20-2)7-5-9-15-11/h5,7,9H,3-4,6,8,10H2,1-2H3,(H,14,16). The van der Waals surface area contributed by atoms with Gasteiger partial charge in [-0.1, -0.05) is 0 Å². The molecule has 1 rings (SSSR count). The van der Waals surface area contributed by atoms with Crippen LogP contribution in [0, 0.1) is 10.1 Å². The molecule has 7 nitrogen and oxygen atoms in total. The van der Waals surface area contributed by atoms with E-state index in [1.54, 1.807) is 20.4 Å². The zero-order valence-electron chi connectivity index (χ0n) is 11.8. The summed E-state index contributed by atoms with van der Waals surface area (Å²) in [5.41, 5.74) is 0.935. The molecule has 1 aromatic rings. The second-order valence-electron chi connectivity index (χ2n) is 4.20. The summed E-state index contributed by atoms with van der Waals surface area (Å²) in [4.78, 5) is 18.1. The summed E-state index contributed by atoms with van der Waals surface area (Å²) in [6, 6.07) is 3.73. The number of aliphatic imine (C=N–C) groups is 1. The SMILES string of the molecule is CN=C(C[N+](=O)[O-])NCCCCc1ncccc1OC. The van der Waals surface area contributed by atoms with Gasteiger partial charge in [0.25, 0.3) is 6.54 Å².